The molecular weight excluding hydrogens is 388 g/mol. The van der Waals surface area contributed by atoms with Gasteiger partial charge in [0.15, 0.2) is 10.6 Å². The number of nitrogens with two attached hydrogens (primary N) is 1. The molecule has 0 saturated carbocycles. The van der Waals surface area contributed by atoms with E-state index >= 15 is 0 Å². The molecule has 2 heterocycles. The fraction of sp³-hybridized carbons (Fsp3) is 0.235. The fourth-order valence-electron chi connectivity index (χ4n) is 3.49. The van der Waals surface area contributed by atoms with Gasteiger partial charge in [-0.05, 0) is 42.8 Å². The molecule has 0 bridgehead atoms. The lowest BCUT2D eigenvalue weighted by Gasteiger charge is -2.33. The molecule has 0 spiro atoms. The predicted octanol–water partition coefficient (Wildman–Crippen LogP) is 4.05. The zero-order chi connectivity index (χ0) is 16.8. The minimum absolute atomic E-state index is 0.171. The van der Waals surface area contributed by atoms with Crippen LogP contribution >= 0.6 is 28.1 Å². The van der Waals surface area contributed by atoms with Crippen molar-refractivity contribution in [2.75, 3.05) is 11.1 Å². The normalized spacial score (nSPS) is 19.5. The van der Waals surface area contributed by atoms with Crippen LogP contribution in [0, 0.1) is 4.77 Å². The predicted molar refractivity (Wildman–Crippen MR) is 99.3 cm³/mol. The molecule has 24 heavy (non-hydrogen) atoms. The first kappa shape index (κ1) is 15.5. The van der Waals surface area contributed by atoms with Crippen LogP contribution in [0.3, 0.4) is 0 Å². The number of allylic oxidation sites excluding steroid dienone is 2. The summed E-state index contributed by atoms with van der Waals surface area (Å²) >= 11 is 8.61. The summed E-state index contributed by atoms with van der Waals surface area (Å²) in [6.07, 6.45) is 2.25. The molecule has 1 aliphatic heterocycles. The number of hydrogen-bond acceptors (Lipinski definition) is 5. The maximum Gasteiger partial charge on any atom is 0.200 e. The third kappa shape index (κ3) is 2.48. The molecule has 4 rings (SSSR count). The van der Waals surface area contributed by atoms with Crippen molar-refractivity contribution >= 4 is 45.6 Å². The number of carbonyl (C=O) groups is 1. The van der Waals surface area contributed by atoms with Crippen LogP contribution in [-0.4, -0.2) is 15.8 Å². The summed E-state index contributed by atoms with van der Waals surface area (Å²) in [5.41, 5.74) is 9.77. The number of anilines is 2. The van der Waals surface area contributed by atoms with Crippen LogP contribution < -0.4 is 11.1 Å². The van der Waals surface area contributed by atoms with E-state index in [1.54, 1.807) is 0 Å². The van der Waals surface area contributed by atoms with E-state index in [0.717, 1.165) is 39.7 Å². The summed E-state index contributed by atoms with van der Waals surface area (Å²) in [5.74, 6) is 1.05. The average Bonchev–Trinajstić information content (AvgIpc) is 2.54. The Balaban J connectivity index is 1.99. The van der Waals surface area contributed by atoms with Crippen LogP contribution in [0.25, 0.3) is 0 Å². The maximum absolute atomic E-state index is 12.7. The summed E-state index contributed by atoms with van der Waals surface area (Å²) < 4.78 is 1.32. The van der Waals surface area contributed by atoms with Crippen LogP contribution in [0.4, 0.5) is 11.6 Å². The van der Waals surface area contributed by atoms with E-state index < -0.39 is 0 Å². The second-order valence-electron chi connectivity index (χ2n) is 6.00. The number of carbonyl (C=O) groups excluding carboxylic acids is 1. The van der Waals surface area contributed by atoms with Gasteiger partial charge in [-0.25, -0.2) is 4.98 Å². The number of hydrogen-bond donors (Lipinski definition) is 3. The lowest BCUT2D eigenvalue weighted by Crippen LogP contribution is -2.28. The molecular formula is C17H15BrN4OS. The zero-order valence-corrected chi connectivity index (χ0v) is 15.1. The number of nitrogens with zero attached hydrogens (tertiary/aromatic N) is 1. The number of Topliss-reactive ketones (excluding diaryl/α,β-unsaturated/α-hetero) is 1. The number of ketones is 1. The number of rotatable bonds is 1. The number of halogens is 1. The quantitative estimate of drug-likeness (QED) is 0.626. The van der Waals surface area contributed by atoms with Crippen molar-refractivity contribution in [1.82, 2.24) is 9.97 Å². The van der Waals surface area contributed by atoms with Gasteiger partial charge in [-0.15, -0.1) is 0 Å². The Morgan fingerprint density at radius 1 is 1.25 bits per heavy atom. The number of fused-ring (bicyclic) bond motifs is 1. The van der Waals surface area contributed by atoms with Crippen LogP contribution in [0.1, 0.15) is 36.3 Å². The molecule has 1 aromatic heterocycles. The summed E-state index contributed by atoms with van der Waals surface area (Å²) in [4.78, 5) is 20.0. The topological polar surface area (TPSA) is 83.8 Å². The van der Waals surface area contributed by atoms with E-state index in [0.29, 0.717) is 22.8 Å². The lowest BCUT2D eigenvalue weighted by molar-refractivity contribution is -0.116. The highest BCUT2D eigenvalue weighted by molar-refractivity contribution is 9.10. The van der Waals surface area contributed by atoms with Gasteiger partial charge in [0.25, 0.3) is 0 Å². The average molecular weight is 403 g/mol. The van der Waals surface area contributed by atoms with Crippen molar-refractivity contribution in [3.8, 4) is 0 Å². The highest BCUT2D eigenvalue weighted by Gasteiger charge is 2.37. The van der Waals surface area contributed by atoms with E-state index in [2.05, 4.69) is 31.2 Å². The Morgan fingerprint density at radius 3 is 2.75 bits per heavy atom. The first-order valence-electron chi connectivity index (χ1n) is 7.73. The van der Waals surface area contributed by atoms with Crippen molar-refractivity contribution in [2.24, 2.45) is 0 Å². The molecule has 7 heteroatoms. The van der Waals surface area contributed by atoms with Gasteiger partial charge < -0.3 is 16.0 Å². The molecule has 0 fully saturated rings. The molecule has 1 atom stereocenters. The SMILES string of the molecule is Nc1[nH]c(=S)nc2c1C(c1ccc(Br)cc1)C1=C(CCCC1=O)N2. The minimum atomic E-state index is -0.225. The molecule has 1 aliphatic carbocycles. The Hall–Kier alpha value is -1.99. The number of H-pyrrole nitrogens is 1. The van der Waals surface area contributed by atoms with Crippen LogP contribution in [-0.2, 0) is 4.79 Å². The number of aromatic nitrogens is 2. The van der Waals surface area contributed by atoms with E-state index in [-0.39, 0.29) is 11.7 Å². The Morgan fingerprint density at radius 2 is 2.00 bits per heavy atom. The standard InChI is InChI=1S/C17H15BrN4OS/c18-9-6-4-8(5-7-9)12-13-10(2-1-3-11(13)23)20-16-14(12)15(19)21-17(24)22-16/h4-7,12H,1-3H2,(H4,19,20,21,22,24). The Bertz CT molecular complexity index is 933. The van der Waals surface area contributed by atoms with Crippen LogP contribution in [0.5, 0.6) is 0 Å². The highest BCUT2D eigenvalue weighted by Crippen LogP contribution is 2.46. The van der Waals surface area contributed by atoms with Crippen molar-refractivity contribution in [3.63, 3.8) is 0 Å². The molecule has 2 aromatic rings. The van der Waals surface area contributed by atoms with Crippen LogP contribution in [0.15, 0.2) is 40.0 Å². The second kappa shape index (κ2) is 5.82. The van der Waals surface area contributed by atoms with Gasteiger partial charge in [0.2, 0.25) is 0 Å². The van der Waals surface area contributed by atoms with Crippen molar-refractivity contribution < 1.29 is 4.79 Å². The Kier molecular flexibility index (Phi) is 3.77. The third-order valence-electron chi connectivity index (χ3n) is 4.51. The van der Waals surface area contributed by atoms with Crippen molar-refractivity contribution in [3.05, 3.63) is 55.9 Å². The summed E-state index contributed by atoms with van der Waals surface area (Å²) in [6, 6.07) is 7.97. The highest BCUT2D eigenvalue weighted by atomic mass is 79.9. The van der Waals surface area contributed by atoms with E-state index in [9.17, 15) is 4.79 Å². The first-order valence-corrected chi connectivity index (χ1v) is 8.93. The second-order valence-corrected chi connectivity index (χ2v) is 7.30. The smallest absolute Gasteiger partial charge is 0.200 e. The van der Waals surface area contributed by atoms with Gasteiger partial charge in [0, 0.05) is 33.6 Å². The lowest BCUT2D eigenvalue weighted by atomic mass is 9.76. The number of nitrogens with one attached hydrogen (secondary N) is 2. The number of benzene rings is 1. The molecule has 0 radical (unpaired) electrons. The minimum Gasteiger partial charge on any atom is -0.385 e. The molecule has 5 nitrogen and oxygen atoms in total. The monoisotopic (exact) mass is 402 g/mol. The van der Waals surface area contributed by atoms with E-state index in [4.69, 9.17) is 18.0 Å². The van der Waals surface area contributed by atoms with E-state index in [1.165, 1.54) is 0 Å². The van der Waals surface area contributed by atoms with Gasteiger partial charge in [-0.1, -0.05) is 28.1 Å². The van der Waals surface area contributed by atoms with Crippen molar-refractivity contribution in [1.29, 1.82) is 0 Å². The van der Waals surface area contributed by atoms with Gasteiger partial charge in [0.1, 0.15) is 11.6 Å². The largest absolute Gasteiger partial charge is 0.385 e. The molecule has 2 aliphatic rings. The zero-order valence-electron chi connectivity index (χ0n) is 12.7. The molecule has 1 aromatic carbocycles. The van der Waals surface area contributed by atoms with Gasteiger partial charge in [-0.3, -0.25) is 4.79 Å². The maximum atomic E-state index is 12.7. The van der Waals surface area contributed by atoms with Crippen LogP contribution in [0.2, 0.25) is 0 Å². The van der Waals surface area contributed by atoms with Crippen molar-refractivity contribution in [2.45, 2.75) is 25.2 Å². The number of nitrogen functional groups attached to an aromatic ring is 1. The van der Waals surface area contributed by atoms with Gasteiger partial charge in [0.05, 0.1) is 0 Å². The molecule has 1 unspecified atom stereocenters. The van der Waals surface area contributed by atoms with E-state index in [1.807, 2.05) is 24.3 Å². The summed E-state index contributed by atoms with van der Waals surface area (Å²) in [7, 11) is 0. The summed E-state index contributed by atoms with van der Waals surface area (Å²) in [5, 5.41) is 3.29. The van der Waals surface area contributed by atoms with Gasteiger partial charge >= 0.3 is 0 Å². The third-order valence-corrected chi connectivity index (χ3v) is 5.23. The fourth-order valence-corrected chi connectivity index (χ4v) is 3.96. The number of aromatic amines is 1. The Labute approximate surface area is 152 Å². The molecule has 0 saturated heterocycles. The molecule has 0 amide bonds. The van der Waals surface area contributed by atoms with Gasteiger partial charge in [-0.2, -0.15) is 0 Å². The first-order chi connectivity index (χ1) is 11.5. The molecule has 122 valence electrons. The summed E-state index contributed by atoms with van der Waals surface area (Å²) in [6.45, 7) is 0. The molecule has 4 N–H and O–H groups in total.